The molecule has 0 radical (unpaired) electrons. The van der Waals surface area contributed by atoms with Gasteiger partial charge in [0, 0.05) is 16.6 Å². The Hall–Kier alpha value is -0.540. The van der Waals surface area contributed by atoms with Crippen LogP contribution < -0.4 is 10.5 Å². The average Bonchev–Trinajstić information content (AvgIpc) is 2.18. The maximum atomic E-state index is 5.65. The van der Waals surface area contributed by atoms with E-state index in [0.717, 1.165) is 35.2 Å². The molecule has 0 spiro atoms. The van der Waals surface area contributed by atoms with Gasteiger partial charge in [0.15, 0.2) is 0 Å². The van der Waals surface area contributed by atoms with Gasteiger partial charge in [0.25, 0.3) is 0 Å². The first-order chi connectivity index (χ1) is 6.79. The van der Waals surface area contributed by atoms with Gasteiger partial charge in [0.1, 0.15) is 5.75 Å². The number of hydrogen-bond acceptors (Lipinski definition) is 2. The van der Waals surface area contributed by atoms with Gasteiger partial charge in [-0.25, -0.2) is 0 Å². The van der Waals surface area contributed by atoms with Gasteiger partial charge >= 0.3 is 0 Å². The van der Waals surface area contributed by atoms with Crippen molar-refractivity contribution in [3.05, 3.63) is 28.2 Å². The normalized spacial score (nSPS) is 10.2. The highest BCUT2D eigenvalue weighted by atomic mass is 79.9. The van der Waals surface area contributed by atoms with E-state index in [4.69, 9.17) is 10.5 Å². The van der Waals surface area contributed by atoms with Gasteiger partial charge in [0.2, 0.25) is 0 Å². The zero-order valence-electron chi connectivity index (χ0n) is 8.42. The Balaban J connectivity index is 2.70. The van der Waals surface area contributed by atoms with Crippen LogP contribution in [-0.4, -0.2) is 6.61 Å². The number of hydrogen-bond donors (Lipinski definition) is 1. The zero-order valence-corrected chi connectivity index (χ0v) is 10.0. The molecule has 0 heterocycles. The van der Waals surface area contributed by atoms with Crippen LogP contribution in [0.2, 0.25) is 0 Å². The lowest BCUT2D eigenvalue weighted by Crippen LogP contribution is -2.04. The van der Waals surface area contributed by atoms with Crippen LogP contribution in [0.1, 0.15) is 25.3 Å². The topological polar surface area (TPSA) is 35.2 Å². The van der Waals surface area contributed by atoms with Crippen LogP contribution in [-0.2, 0) is 6.54 Å². The molecule has 1 aromatic rings. The number of rotatable bonds is 5. The summed E-state index contributed by atoms with van der Waals surface area (Å²) in [6.07, 6.45) is 2.22. The Labute approximate surface area is 93.6 Å². The molecule has 0 saturated carbocycles. The number of nitrogens with two attached hydrogens (primary N) is 1. The molecule has 0 aliphatic rings. The minimum Gasteiger partial charge on any atom is -0.493 e. The molecule has 0 saturated heterocycles. The Kier molecular flexibility index (Phi) is 4.98. The van der Waals surface area contributed by atoms with Gasteiger partial charge < -0.3 is 10.5 Å². The van der Waals surface area contributed by atoms with Crippen LogP contribution in [0.5, 0.6) is 5.75 Å². The second-order valence-electron chi connectivity index (χ2n) is 3.12. The molecule has 0 atom stereocenters. The Bertz CT molecular complexity index is 289. The predicted molar refractivity (Wildman–Crippen MR) is 62.4 cm³/mol. The largest absolute Gasteiger partial charge is 0.493 e. The summed E-state index contributed by atoms with van der Waals surface area (Å²) in [5.41, 5.74) is 6.69. The Morgan fingerprint density at radius 3 is 2.86 bits per heavy atom. The summed E-state index contributed by atoms with van der Waals surface area (Å²) < 4.78 is 6.66. The summed E-state index contributed by atoms with van der Waals surface area (Å²) in [4.78, 5) is 0. The summed E-state index contributed by atoms with van der Waals surface area (Å²) in [5.74, 6) is 0.898. The molecule has 2 N–H and O–H groups in total. The average molecular weight is 258 g/mol. The van der Waals surface area contributed by atoms with E-state index >= 15 is 0 Å². The van der Waals surface area contributed by atoms with E-state index in [0.29, 0.717) is 6.54 Å². The Morgan fingerprint density at radius 2 is 2.21 bits per heavy atom. The first-order valence-electron chi connectivity index (χ1n) is 4.89. The fourth-order valence-corrected chi connectivity index (χ4v) is 1.71. The van der Waals surface area contributed by atoms with Crippen molar-refractivity contribution in [1.29, 1.82) is 0 Å². The third-order valence-corrected chi connectivity index (χ3v) is 2.78. The fourth-order valence-electron chi connectivity index (χ4n) is 1.20. The number of benzene rings is 1. The summed E-state index contributed by atoms with van der Waals surface area (Å²) in [5, 5.41) is 0. The Morgan fingerprint density at radius 1 is 1.43 bits per heavy atom. The number of ether oxygens (including phenoxy) is 1. The lowest BCUT2D eigenvalue weighted by molar-refractivity contribution is 0.306. The molecular weight excluding hydrogens is 242 g/mol. The molecule has 3 heteroatoms. The van der Waals surface area contributed by atoms with Crippen LogP contribution in [0.25, 0.3) is 0 Å². The molecule has 2 nitrogen and oxygen atoms in total. The zero-order chi connectivity index (χ0) is 10.4. The van der Waals surface area contributed by atoms with Crippen molar-refractivity contribution < 1.29 is 4.74 Å². The van der Waals surface area contributed by atoms with Crippen molar-refractivity contribution in [3.63, 3.8) is 0 Å². The molecule has 0 fully saturated rings. The van der Waals surface area contributed by atoms with E-state index in [9.17, 15) is 0 Å². The van der Waals surface area contributed by atoms with Gasteiger partial charge in [-0.3, -0.25) is 0 Å². The van der Waals surface area contributed by atoms with Crippen molar-refractivity contribution >= 4 is 15.9 Å². The lowest BCUT2D eigenvalue weighted by atomic mass is 10.2. The molecule has 0 aliphatic carbocycles. The minimum atomic E-state index is 0.503. The van der Waals surface area contributed by atoms with Crippen molar-refractivity contribution in [3.8, 4) is 5.75 Å². The summed E-state index contributed by atoms with van der Waals surface area (Å²) >= 11 is 3.46. The molecule has 1 aromatic carbocycles. The summed E-state index contributed by atoms with van der Waals surface area (Å²) in [6.45, 7) is 3.41. The van der Waals surface area contributed by atoms with Crippen molar-refractivity contribution in [2.45, 2.75) is 26.3 Å². The fraction of sp³-hybridized carbons (Fsp3) is 0.455. The van der Waals surface area contributed by atoms with E-state index < -0.39 is 0 Å². The molecule has 1 rings (SSSR count). The van der Waals surface area contributed by atoms with Crippen LogP contribution in [0.4, 0.5) is 0 Å². The van der Waals surface area contributed by atoms with E-state index in [-0.39, 0.29) is 0 Å². The SMILES string of the molecule is CCCCOc1cccc(Br)c1CN. The quantitative estimate of drug-likeness (QED) is 0.824. The van der Waals surface area contributed by atoms with E-state index in [1.807, 2.05) is 18.2 Å². The first-order valence-corrected chi connectivity index (χ1v) is 5.69. The van der Waals surface area contributed by atoms with Gasteiger partial charge in [-0.1, -0.05) is 35.3 Å². The third-order valence-electron chi connectivity index (χ3n) is 2.04. The first kappa shape index (κ1) is 11.5. The highest BCUT2D eigenvalue weighted by Gasteiger charge is 2.05. The van der Waals surface area contributed by atoms with Crippen molar-refractivity contribution in [2.75, 3.05) is 6.61 Å². The third kappa shape index (κ3) is 3.00. The van der Waals surface area contributed by atoms with Gasteiger partial charge in [-0.05, 0) is 18.6 Å². The van der Waals surface area contributed by atoms with Gasteiger partial charge in [0.05, 0.1) is 6.61 Å². The predicted octanol–water partition coefficient (Wildman–Crippen LogP) is 3.09. The van der Waals surface area contributed by atoms with E-state index in [1.165, 1.54) is 0 Å². The molecule has 0 aliphatic heterocycles. The van der Waals surface area contributed by atoms with Crippen LogP contribution in [0.15, 0.2) is 22.7 Å². The maximum absolute atomic E-state index is 5.65. The van der Waals surface area contributed by atoms with Gasteiger partial charge in [-0.2, -0.15) is 0 Å². The molecule has 14 heavy (non-hydrogen) atoms. The monoisotopic (exact) mass is 257 g/mol. The second kappa shape index (κ2) is 6.04. The van der Waals surface area contributed by atoms with E-state index in [1.54, 1.807) is 0 Å². The minimum absolute atomic E-state index is 0.503. The van der Waals surface area contributed by atoms with Crippen LogP contribution in [0.3, 0.4) is 0 Å². The highest BCUT2D eigenvalue weighted by Crippen LogP contribution is 2.26. The summed E-state index contributed by atoms with van der Waals surface area (Å²) in [6, 6.07) is 5.90. The molecule has 0 bridgehead atoms. The molecule has 78 valence electrons. The number of unbranched alkanes of at least 4 members (excludes halogenated alkanes) is 1. The number of halogens is 1. The highest BCUT2D eigenvalue weighted by molar-refractivity contribution is 9.10. The molecule has 0 aromatic heterocycles. The maximum Gasteiger partial charge on any atom is 0.124 e. The van der Waals surface area contributed by atoms with Crippen molar-refractivity contribution in [2.24, 2.45) is 5.73 Å². The van der Waals surface area contributed by atoms with Crippen LogP contribution in [0, 0.1) is 0 Å². The van der Waals surface area contributed by atoms with Crippen molar-refractivity contribution in [1.82, 2.24) is 0 Å². The lowest BCUT2D eigenvalue weighted by Gasteiger charge is -2.11. The van der Waals surface area contributed by atoms with Crippen LogP contribution >= 0.6 is 15.9 Å². The standard InChI is InChI=1S/C11H16BrNO/c1-2-3-7-14-11-6-4-5-10(12)9(11)8-13/h4-6H,2-3,7-8,13H2,1H3. The molecule has 0 unspecified atom stereocenters. The smallest absolute Gasteiger partial charge is 0.124 e. The van der Waals surface area contributed by atoms with Gasteiger partial charge in [-0.15, -0.1) is 0 Å². The van der Waals surface area contributed by atoms with E-state index in [2.05, 4.69) is 22.9 Å². The molecule has 0 amide bonds. The summed E-state index contributed by atoms with van der Waals surface area (Å²) in [7, 11) is 0. The molecular formula is C11H16BrNO. The second-order valence-corrected chi connectivity index (χ2v) is 3.98.